The molecule has 0 fully saturated rings. The monoisotopic (exact) mass is 230 g/mol. The zero-order valence-corrected chi connectivity index (χ0v) is 9.67. The molecule has 2 heterocycles. The summed E-state index contributed by atoms with van der Waals surface area (Å²) in [6.07, 6.45) is 0.722. The average molecular weight is 230 g/mol. The van der Waals surface area contributed by atoms with Gasteiger partial charge in [0.05, 0.1) is 11.0 Å². The molecule has 0 spiro atoms. The van der Waals surface area contributed by atoms with Gasteiger partial charge in [0.2, 0.25) is 5.78 Å². The third-order valence-corrected chi connectivity index (χ3v) is 3.00. The maximum atomic E-state index is 8.96. The van der Waals surface area contributed by atoms with Crippen LogP contribution in [-0.4, -0.2) is 30.9 Å². The molecule has 3 aromatic rings. The second-order valence-corrected chi connectivity index (χ2v) is 4.10. The number of hydrogen-bond donors (Lipinski definition) is 1. The highest BCUT2D eigenvalue weighted by atomic mass is 16.3. The van der Waals surface area contributed by atoms with E-state index >= 15 is 0 Å². The van der Waals surface area contributed by atoms with Crippen molar-refractivity contribution in [2.75, 3.05) is 6.61 Å². The van der Waals surface area contributed by atoms with E-state index in [9.17, 15) is 0 Å². The van der Waals surface area contributed by atoms with E-state index in [4.69, 9.17) is 5.11 Å². The van der Waals surface area contributed by atoms with Crippen molar-refractivity contribution in [2.45, 2.75) is 19.9 Å². The predicted octanol–water partition coefficient (Wildman–Crippen LogP) is 1.37. The maximum Gasteiger partial charge on any atom is 0.236 e. The Morgan fingerprint density at radius 3 is 2.71 bits per heavy atom. The number of hydrogen-bond acceptors (Lipinski definition) is 3. The minimum atomic E-state index is 0.186. The van der Waals surface area contributed by atoms with Crippen LogP contribution in [0.15, 0.2) is 24.3 Å². The molecule has 0 saturated heterocycles. The zero-order chi connectivity index (χ0) is 11.8. The van der Waals surface area contributed by atoms with E-state index in [1.807, 2.05) is 23.5 Å². The summed E-state index contributed by atoms with van der Waals surface area (Å²) in [6, 6.07) is 8.16. The normalized spacial score (nSPS) is 11.6. The minimum Gasteiger partial charge on any atom is -0.396 e. The van der Waals surface area contributed by atoms with Crippen LogP contribution < -0.4 is 0 Å². The van der Waals surface area contributed by atoms with Crippen molar-refractivity contribution in [3.63, 3.8) is 0 Å². The summed E-state index contributed by atoms with van der Waals surface area (Å²) in [5.41, 5.74) is 2.25. The molecular formula is C12H14N4O. The molecule has 0 saturated carbocycles. The van der Waals surface area contributed by atoms with Crippen LogP contribution in [0.1, 0.15) is 12.2 Å². The third-order valence-electron chi connectivity index (χ3n) is 3.00. The van der Waals surface area contributed by atoms with Gasteiger partial charge in [-0.05, 0) is 25.5 Å². The molecule has 0 bridgehead atoms. The highest BCUT2D eigenvalue weighted by Crippen LogP contribution is 2.20. The smallest absolute Gasteiger partial charge is 0.236 e. The lowest BCUT2D eigenvalue weighted by atomic mass is 10.3. The van der Waals surface area contributed by atoms with E-state index in [0.717, 1.165) is 35.6 Å². The number of aliphatic hydroxyl groups excluding tert-OH is 1. The van der Waals surface area contributed by atoms with Crippen molar-refractivity contribution in [3.05, 3.63) is 30.1 Å². The Hall–Kier alpha value is -1.88. The molecule has 0 unspecified atom stereocenters. The molecule has 17 heavy (non-hydrogen) atoms. The number of nitrogens with zero attached hydrogens (tertiary/aromatic N) is 4. The molecular weight excluding hydrogens is 216 g/mol. The number of imidazole rings is 1. The molecule has 3 rings (SSSR count). The fourth-order valence-electron chi connectivity index (χ4n) is 2.25. The Bertz CT molecular complexity index is 668. The molecule has 0 radical (unpaired) electrons. The van der Waals surface area contributed by atoms with Crippen molar-refractivity contribution in [3.8, 4) is 0 Å². The fraction of sp³-hybridized carbons (Fsp3) is 0.333. The van der Waals surface area contributed by atoms with Gasteiger partial charge >= 0.3 is 0 Å². The molecule has 0 aliphatic carbocycles. The Balaban J connectivity index is 2.34. The number of aryl methyl sites for hydroxylation is 2. The van der Waals surface area contributed by atoms with Gasteiger partial charge in [0.1, 0.15) is 5.82 Å². The first-order valence-corrected chi connectivity index (χ1v) is 5.73. The second-order valence-electron chi connectivity index (χ2n) is 4.10. The van der Waals surface area contributed by atoms with Gasteiger partial charge in [-0.25, -0.2) is 0 Å². The van der Waals surface area contributed by atoms with Crippen molar-refractivity contribution in [1.29, 1.82) is 0 Å². The highest BCUT2D eigenvalue weighted by Gasteiger charge is 2.13. The van der Waals surface area contributed by atoms with Gasteiger partial charge in [0, 0.05) is 13.2 Å². The molecule has 1 N–H and O–H groups in total. The van der Waals surface area contributed by atoms with Gasteiger partial charge in [-0.1, -0.05) is 12.1 Å². The van der Waals surface area contributed by atoms with Gasteiger partial charge in [0.15, 0.2) is 0 Å². The summed E-state index contributed by atoms with van der Waals surface area (Å²) < 4.78 is 4.15. The molecule has 5 nitrogen and oxygen atoms in total. The van der Waals surface area contributed by atoms with Crippen LogP contribution in [0.25, 0.3) is 16.8 Å². The van der Waals surface area contributed by atoms with Crippen LogP contribution in [0.4, 0.5) is 0 Å². The SMILES string of the molecule is Cc1nnc2n(CCCO)c3ccccc3n12. The van der Waals surface area contributed by atoms with Crippen LogP contribution in [0, 0.1) is 6.92 Å². The van der Waals surface area contributed by atoms with E-state index in [-0.39, 0.29) is 6.61 Å². The van der Waals surface area contributed by atoms with Crippen molar-refractivity contribution < 1.29 is 5.11 Å². The third kappa shape index (κ3) is 1.43. The van der Waals surface area contributed by atoms with E-state index in [0.29, 0.717) is 0 Å². The lowest BCUT2D eigenvalue weighted by Gasteiger charge is -2.01. The van der Waals surface area contributed by atoms with Crippen molar-refractivity contribution >= 4 is 16.8 Å². The molecule has 5 heteroatoms. The lowest BCUT2D eigenvalue weighted by molar-refractivity contribution is 0.281. The second kappa shape index (κ2) is 3.85. The largest absolute Gasteiger partial charge is 0.396 e. The van der Waals surface area contributed by atoms with Crippen molar-refractivity contribution in [2.24, 2.45) is 0 Å². The highest BCUT2D eigenvalue weighted by molar-refractivity contribution is 5.80. The van der Waals surface area contributed by atoms with Gasteiger partial charge in [-0.2, -0.15) is 0 Å². The van der Waals surface area contributed by atoms with Gasteiger partial charge in [-0.3, -0.25) is 4.40 Å². The number of aromatic nitrogens is 4. The van der Waals surface area contributed by atoms with Crippen LogP contribution >= 0.6 is 0 Å². The quantitative estimate of drug-likeness (QED) is 0.739. The van der Waals surface area contributed by atoms with Crippen molar-refractivity contribution in [1.82, 2.24) is 19.2 Å². The number of aliphatic hydroxyl groups is 1. The number of fused-ring (bicyclic) bond motifs is 3. The summed E-state index contributed by atoms with van der Waals surface area (Å²) in [5.74, 6) is 1.73. The van der Waals surface area contributed by atoms with E-state index in [2.05, 4.69) is 26.9 Å². The van der Waals surface area contributed by atoms with Gasteiger partial charge < -0.3 is 9.67 Å². The van der Waals surface area contributed by atoms with Crippen LogP contribution in [-0.2, 0) is 6.54 Å². The zero-order valence-electron chi connectivity index (χ0n) is 9.67. The lowest BCUT2D eigenvalue weighted by Crippen LogP contribution is -2.00. The van der Waals surface area contributed by atoms with E-state index < -0.39 is 0 Å². The van der Waals surface area contributed by atoms with Gasteiger partial charge in [-0.15, -0.1) is 10.2 Å². The summed E-state index contributed by atoms with van der Waals surface area (Å²) in [7, 11) is 0. The Morgan fingerprint density at radius 2 is 1.94 bits per heavy atom. The maximum absolute atomic E-state index is 8.96. The summed E-state index contributed by atoms with van der Waals surface area (Å²) >= 11 is 0. The topological polar surface area (TPSA) is 55.3 Å². The van der Waals surface area contributed by atoms with Crippen LogP contribution in [0.5, 0.6) is 0 Å². The first-order chi connectivity index (χ1) is 8.33. The first kappa shape index (κ1) is 10.3. The number of rotatable bonds is 3. The summed E-state index contributed by atoms with van der Waals surface area (Å²) in [4.78, 5) is 0. The fourth-order valence-corrected chi connectivity index (χ4v) is 2.25. The van der Waals surface area contributed by atoms with E-state index in [1.54, 1.807) is 0 Å². The molecule has 1 aromatic carbocycles. The standard InChI is InChI=1S/C12H14N4O/c1-9-13-14-12-15(7-4-8-17)10-5-2-3-6-11(10)16(9)12/h2-3,5-6,17H,4,7-8H2,1H3. The van der Waals surface area contributed by atoms with E-state index in [1.165, 1.54) is 0 Å². The molecule has 2 aromatic heterocycles. The van der Waals surface area contributed by atoms with Gasteiger partial charge in [0.25, 0.3) is 0 Å². The molecule has 88 valence electrons. The molecule has 0 aliphatic heterocycles. The summed E-state index contributed by atoms with van der Waals surface area (Å²) in [6.45, 7) is 2.89. The Morgan fingerprint density at radius 1 is 1.18 bits per heavy atom. The molecule has 0 atom stereocenters. The average Bonchev–Trinajstić information content (AvgIpc) is 2.86. The first-order valence-electron chi connectivity index (χ1n) is 5.73. The Kier molecular flexibility index (Phi) is 2.33. The number of benzene rings is 1. The molecule has 0 aliphatic rings. The minimum absolute atomic E-state index is 0.186. The predicted molar refractivity (Wildman–Crippen MR) is 64.9 cm³/mol. The molecule has 0 amide bonds. The van der Waals surface area contributed by atoms with Crippen LogP contribution in [0.2, 0.25) is 0 Å². The van der Waals surface area contributed by atoms with Crippen LogP contribution in [0.3, 0.4) is 0 Å². The Labute approximate surface area is 98.3 Å². The number of para-hydroxylation sites is 2. The summed E-state index contributed by atoms with van der Waals surface area (Å²) in [5, 5.41) is 17.3.